The lowest BCUT2D eigenvalue weighted by Crippen LogP contribution is -2.06. The van der Waals surface area contributed by atoms with Crippen LogP contribution in [-0.4, -0.2) is 12.0 Å². The summed E-state index contributed by atoms with van der Waals surface area (Å²) in [6.07, 6.45) is -3.15. The number of alkyl halides is 3. The SMILES string of the molecule is COc1cc(/C=C(\C#N)c2ccc(Cl)cc2)ccc1Oc1ccc(C(F)(F)F)cc1[N+](=O)[O-]. The molecule has 0 radical (unpaired) electrons. The molecule has 0 fully saturated rings. The van der Waals surface area contributed by atoms with Crippen LogP contribution in [0.25, 0.3) is 11.6 Å². The Kier molecular flexibility index (Phi) is 6.89. The Balaban J connectivity index is 1.96. The maximum atomic E-state index is 12.9. The Labute approximate surface area is 191 Å². The Bertz CT molecular complexity index is 1270. The van der Waals surface area contributed by atoms with Gasteiger partial charge < -0.3 is 9.47 Å². The van der Waals surface area contributed by atoms with Gasteiger partial charge in [-0.05, 0) is 53.6 Å². The predicted octanol–water partition coefficient (Wildman–Crippen LogP) is 7.13. The monoisotopic (exact) mass is 474 g/mol. The van der Waals surface area contributed by atoms with Gasteiger partial charge in [0.15, 0.2) is 11.5 Å². The fraction of sp³-hybridized carbons (Fsp3) is 0.0870. The number of ether oxygens (including phenoxy) is 2. The smallest absolute Gasteiger partial charge is 0.416 e. The molecule has 0 spiro atoms. The Morgan fingerprint density at radius 2 is 1.73 bits per heavy atom. The zero-order chi connectivity index (χ0) is 24.2. The number of nitro benzene ring substituents is 1. The van der Waals surface area contributed by atoms with Crippen LogP contribution in [0.2, 0.25) is 5.02 Å². The minimum absolute atomic E-state index is 0.0440. The van der Waals surface area contributed by atoms with E-state index in [-0.39, 0.29) is 17.2 Å². The fourth-order valence-corrected chi connectivity index (χ4v) is 3.00. The standard InChI is InChI=1S/C23H14ClF3N2O4/c1-32-22-11-14(10-16(13-28)15-3-6-18(24)7-4-15)2-8-21(22)33-20-9-5-17(23(25,26)27)12-19(20)29(30)31/h2-12H,1H3/b16-10+. The van der Waals surface area contributed by atoms with Crippen LogP contribution < -0.4 is 9.47 Å². The van der Waals surface area contributed by atoms with Crippen molar-refractivity contribution in [2.45, 2.75) is 6.18 Å². The summed E-state index contributed by atoms with van der Waals surface area (Å²) in [6, 6.07) is 15.3. The highest BCUT2D eigenvalue weighted by molar-refractivity contribution is 6.30. The number of rotatable bonds is 6. The fourth-order valence-electron chi connectivity index (χ4n) is 2.88. The summed E-state index contributed by atoms with van der Waals surface area (Å²) in [4.78, 5) is 10.3. The van der Waals surface area contributed by atoms with Gasteiger partial charge in [0.25, 0.3) is 0 Å². The molecular formula is C23H14ClF3N2O4. The molecule has 0 amide bonds. The number of allylic oxidation sites excluding steroid dienone is 1. The molecule has 0 aliphatic rings. The molecule has 0 N–H and O–H groups in total. The first-order valence-electron chi connectivity index (χ1n) is 9.21. The lowest BCUT2D eigenvalue weighted by atomic mass is 10.0. The second-order valence-electron chi connectivity index (χ2n) is 6.63. The van der Waals surface area contributed by atoms with E-state index in [1.165, 1.54) is 19.2 Å². The number of methoxy groups -OCH3 is 1. The summed E-state index contributed by atoms with van der Waals surface area (Å²) in [5.41, 5.74) is -0.458. The van der Waals surface area contributed by atoms with E-state index < -0.39 is 22.4 Å². The average molecular weight is 475 g/mol. The maximum Gasteiger partial charge on any atom is 0.416 e. The van der Waals surface area contributed by atoms with Gasteiger partial charge in [-0.15, -0.1) is 0 Å². The first-order valence-corrected chi connectivity index (χ1v) is 9.59. The molecule has 0 aliphatic heterocycles. The van der Waals surface area contributed by atoms with Crippen molar-refractivity contribution in [3.63, 3.8) is 0 Å². The first kappa shape index (κ1) is 23.6. The number of hydrogen-bond donors (Lipinski definition) is 0. The number of nitro groups is 1. The number of nitriles is 1. The van der Waals surface area contributed by atoms with Crippen LogP contribution >= 0.6 is 11.6 Å². The zero-order valence-corrected chi connectivity index (χ0v) is 17.6. The summed E-state index contributed by atoms with van der Waals surface area (Å²) in [7, 11) is 1.33. The van der Waals surface area contributed by atoms with Crippen LogP contribution in [0.4, 0.5) is 18.9 Å². The average Bonchev–Trinajstić information content (AvgIpc) is 2.78. The van der Waals surface area contributed by atoms with Crippen molar-refractivity contribution < 1.29 is 27.6 Å². The van der Waals surface area contributed by atoms with Crippen molar-refractivity contribution in [2.75, 3.05) is 7.11 Å². The minimum atomic E-state index is -4.74. The highest BCUT2D eigenvalue weighted by Gasteiger charge is 2.33. The molecule has 10 heteroatoms. The summed E-state index contributed by atoms with van der Waals surface area (Å²) in [5.74, 6) is -0.178. The van der Waals surface area contributed by atoms with E-state index in [1.54, 1.807) is 36.4 Å². The van der Waals surface area contributed by atoms with Gasteiger partial charge in [-0.3, -0.25) is 10.1 Å². The van der Waals surface area contributed by atoms with Gasteiger partial charge in [0.05, 0.1) is 29.2 Å². The first-order chi connectivity index (χ1) is 15.6. The topological polar surface area (TPSA) is 85.4 Å². The van der Waals surface area contributed by atoms with Crippen molar-refractivity contribution in [1.82, 2.24) is 0 Å². The molecule has 3 aromatic carbocycles. The van der Waals surface area contributed by atoms with Crippen molar-refractivity contribution in [3.8, 4) is 23.3 Å². The van der Waals surface area contributed by atoms with Gasteiger partial charge in [-0.2, -0.15) is 18.4 Å². The highest BCUT2D eigenvalue weighted by Crippen LogP contribution is 2.40. The Morgan fingerprint density at radius 1 is 1.06 bits per heavy atom. The molecule has 0 bridgehead atoms. The summed E-state index contributed by atoms with van der Waals surface area (Å²) in [6.45, 7) is 0. The summed E-state index contributed by atoms with van der Waals surface area (Å²) in [5, 5.41) is 21.3. The van der Waals surface area contributed by atoms with Gasteiger partial charge in [-0.1, -0.05) is 29.8 Å². The largest absolute Gasteiger partial charge is 0.493 e. The molecular weight excluding hydrogens is 461 g/mol. The molecule has 6 nitrogen and oxygen atoms in total. The van der Waals surface area contributed by atoms with Gasteiger partial charge in [-0.25, -0.2) is 0 Å². The number of halogens is 4. The minimum Gasteiger partial charge on any atom is -0.493 e. The van der Waals surface area contributed by atoms with E-state index in [2.05, 4.69) is 6.07 Å². The van der Waals surface area contributed by atoms with Crippen LogP contribution in [0.3, 0.4) is 0 Å². The van der Waals surface area contributed by atoms with Crippen LogP contribution in [0.5, 0.6) is 17.2 Å². The predicted molar refractivity (Wildman–Crippen MR) is 116 cm³/mol. The van der Waals surface area contributed by atoms with Crippen LogP contribution in [0.15, 0.2) is 60.7 Å². The van der Waals surface area contributed by atoms with Crippen LogP contribution in [-0.2, 0) is 6.18 Å². The second-order valence-corrected chi connectivity index (χ2v) is 7.06. The lowest BCUT2D eigenvalue weighted by Gasteiger charge is -2.13. The third-order valence-electron chi connectivity index (χ3n) is 4.48. The summed E-state index contributed by atoms with van der Waals surface area (Å²) >= 11 is 5.87. The van der Waals surface area contributed by atoms with Crippen molar-refractivity contribution in [3.05, 3.63) is 92.5 Å². The molecule has 3 aromatic rings. The number of benzene rings is 3. The van der Waals surface area contributed by atoms with Gasteiger partial charge >= 0.3 is 11.9 Å². The molecule has 0 unspecified atom stereocenters. The van der Waals surface area contributed by atoms with Gasteiger partial charge in [0.1, 0.15) is 0 Å². The molecule has 0 atom stereocenters. The number of hydrogen-bond acceptors (Lipinski definition) is 5. The van der Waals surface area contributed by atoms with Crippen LogP contribution in [0, 0.1) is 21.4 Å². The second kappa shape index (κ2) is 9.63. The Morgan fingerprint density at radius 3 is 2.30 bits per heavy atom. The van der Waals surface area contributed by atoms with Gasteiger partial charge in [0.2, 0.25) is 5.75 Å². The third kappa shape index (κ3) is 5.61. The van der Waals surface area contributed by atoms with E-state index in [0.717, 1.165) is 6.07 Å². The van der Waals surface area contributed by atoms with Crippen LogP contribution in [0.1, 0.15) is 16.7 Å². The molecule has 0 aromatic heterocycles. The van der Waals surface area contributed by atoms with E-state index in [1.807, 2.05) is 0 Å². The lowest BCUT2D eigenvalue weighted by molar-refractivity contribution is -0.385. The van der Waals surface area contributed by atoms with E-state index in [9.17, 15) is 28.5 Å². The zero-order valence-electron chi connectivity index (χ0n) is 16.9. The normalized spacial score (nSPS) is 11.6. The van der Waals surface area contributed by atoms with E-state index in [0.29, 0.717) is 33.9 Å². The molecule has 168 valence electrons. The summed E-state index contributed by atoms with van der Waals surface area (Å²) < 4.78 is 49.5. The molecule has 33 heavy (non-hydrogen) atoms. The van der Waals surface area contributed by atoms with Crippen molar-refractivity contribution >= 4 is 28.9 Å². The molecule has 0 saturated carbocycles. The Hall–Kier alpha value is -4.03. The van der Waals surface area contributed by atoms with Crippen molar-refractivity contribution in [2.24, 2.45) is 0 Å². The van der Waals surface area contributed by atoms with E-state index >= 15 is 0 Å². The molecule has 0 heterocycles. The van der Waals surface area contributed by atoms with Crippen molar-refractivity contribution in [1.29, 1.82) is 5.26 Å². The van der Waals surface area contributed by atoms with E-state index in [4.69, 9.17) is 21.1 Å². The molecule has 0 aliphatic carbocycles. The molecule has 0 saturated heterocycles. The third-order valence-corrected chi connectivity index (χ3v) is 4.73. The number of nitrogens with zero attached hydrogens (tertiary/aromatic N) is 2. The quantitative estimate of drug-likeness (QED) is 0.164. The maximum absolute atomic E-state index is 12.9. The highest BCUT2D eigenvalue weighted by atomic mass is 35.5. The molecule has 3 rings (SSSR count). The van der Waals surface area contributed by atoms with Gasteiger partial charge in [0, 0.05) is 11.1 Å².